The molecule has 110 valence electrons. The Morgan fingerprint density at radius 2 is 2.10 bits per heavy atom. The summed E-state index contributed by atoms with van der Waals surface area (Å²) in [5.41, 5.74) is 6.42. The molecule has 1 atom stereocenters. The number of benzene rings is 1. The number of anilines is 1. The first kappa shape index (κ1) is 15.8. The monoisotopic (exact) mass is 282 g/mol. The van der Waals surface area contributed by atoms with E-state index < -0.39 is 12.1 Å². The van der Waals surface area contributed by atoms with E-state index in [1.165, 1.54) is 14.2 Å². The van der Waals surface area contributed by atoms with Gasteiger partial charge in [0.2, 0.25) is 0 Å². The van der Waals surface area contributed by atoms with Crippen molar-refractivity contribution in [2.45, 2.75) is 12.5 Å². The van der Waals surface area contributed by atoms with E-state index in [1.54, 1.807) is 18.2 Å². The molecular weight excluding hydrogens is 264 g/mol. The van der Waals surface area contributed by atoms with Crippen LogP contribution in [0.2, 0.25) is 0 Å². The number of nitrogens with one attached hydrogen (secondary N) is 1. The zero-order valence-electron chi connectivity index (χ0n) is 11.4. The minimum Gasteiger partial charge on any atom is -0.496 e. The van der Waals surface area contributed by atoms with E-state index in [-0.39, 0.29) is 18.9 Å². The standard InChI is InChI=1S/C13H18N2O5/c1-19-9(6-12(16)17)7-15-13(18)10-4-3-8(14)5-11(10)20-2/h3-5,9H,6-7,14H2,1-2H3,(H,15,18)(H,16,17). The number of amides is 1. The Morgan fingerprint density at radius 3 is 2.65 bits per heavy atom. The van der Waals surface area contributed by atoms with Crippen molar-refractivity contribution < 1.29 is 24.2 Å². The van der Waals surface area contributed by atoms with E-state index in [4.69, 9.17) is 20.3 Å². The number of ether oxygens (including phenoxy) is 2. The first-order valence-corrected chi connectivity index (χ1v) is 5.94. The summed E-state index contributed by atoms with van der Waals surface area (Å²) in [7, 11) is 2.83. The van der Waals surface area contributed by atoms with Gasteiger partial charge in [-0.3, -0.25) is 9.59 Å². The maximum Gasteiger partial charge on any atom is 0.306 e. The van der Waals surface area contributed by atoms with Crippen LogP contribution in [0.25, 0.3) is 0 Å². The highest BCUT2D eigenvalue weighted by Gasteiger charge is 2.16. The molecular formula is C13H18N2O5. The summed E-state index contributed by atoms with van der Waals surface area (Å²) >= 11 is 0. The Morgan fingerprint density at radius 1 is 1.40 bits per heavy atom. The second kappa shape index (κ2) is 7.34. The van der Waals surface area contributed by atoms with Gasteiger partial charge in [-0.2, -0.15) is 0 Å². The van der Waals surface area contributed by atoms with Gasteiger partial charge in [-0.15, -0.1) is 0 Å². The largest absolute Gasteiger partial charge is 0.496 e. The van der Waals surface area contributed by atoms with Gasteiger partial charge in [-0.25, -0.2) is 0 Å². The van der Waals surface area contributed by atoms with E-state index >= 15 is 0 Å². The van der Waals surface area contributed by atoms with Gasteiger partial charge in [0.25, 0.3) is 5.91 Å². The lowest BCUT2D eigenvalue weighted by Gasteiger charge is -2.15. The minimum absolute atomic E-state index is 0.0924. The smallest absolute Gasteiger partial charge is 0.306 e. The SMILES string of the molecule is COc1cc(N)ccc1C(=O)NCC(CC(=O)O)OC. The van der Waals surface area contributed by atoms with Crippen molar-refractivity contribution >= 4 is 17.6 Å². The lowest BCUT2D eigenvalue weighted by Crippen LogP contribution is -2.34. The third-order valence-corrected chi connectivity index (χ3v) is 2.70. The molecule has 0 spiro atoms. The molecule has 1 unspecified atom stereocenters. The molecule has 1 amide bonds. The maximum atomic E-state index is 12.0. The fraction of sp³-hybridized carbons (Fsp3) is 0.385. The number of rotatable bonds is 7. The zero-order valence-corrected chi connectivity index (χ0v) is 11.4. The van der Waals surface area contributed by atoms with Gasteiger partial charge in [-0.05, 0) is 12.1 Å². The van der Waals surface area contributed by atoms with E-state index in [0.717, 1.165) is 0 Å². The third-order valence-electron chi connectivity index (χ3n) is 2.70. The highest BCUT2D eigenvalue weighted by molar-refractivity contribution is 5.97. The van der Waals surface area contributed by atoms with Crippen molar-refractivity contribution in [1.29, 1.82) is 0 Å². The number of nitrogen functional groups attached to an aromatic ring is 1. The average molecular weight is 282 g/mol. The summed E-state index contributed by atoms with van der Waals surface area (Å²) in [4.78, 5) is 22.6. The van der Waals surface area contributed by atoms with Crippen molar-refractivity contribution in [3.05, 3.63) is 23.8 Å². The molecule has 0 bridgehead atoms. The van der Waals surface area contributed by atoms with E-state index in [2.05, 4.69) is 5.32 Å². The Kier molecular flexibility index (Phi) is 5.79. The van der Waals surface area contributed by atoms with Gasteiger partial charge in [0, 0.05) is 25.4 Å². The van der Waals surface area contributed by atoms with Crippen LogP contribution in [0.5, 0.6) is 5.75 Å². The molecule has 0 radical (unpaired) electrons. The number of carbonyl (C=O) groups is 2. The normalized spacial score (nSPS) is 11.7. The van der Waals surface area contributed by atoms with E-state index in [0.29, 0.717) is 17.0 Å². The first-order valence-electron chi connectivity index (χ1n) is 5.94. The van der Waals surface area contributed by atoms with Crippen molar-refractivity contribution in [1.82, 2.24) is 5.32 Å². The summed E-state index contributed by atoms with van der Waals surface area (Å²) in [5, 5.41) is 11.3. The molecule has 7 nitrogen and oxygen atoms in total. The summed E-state index contributed by atoms with van der Waals surface area (Å²) in [6, 6.07) is 4.67. The molecule has 20 heavy (non-hydrogen) atoms. The second-order valence-electron chi connectivity index (χ2n) is 4.13. The predicted molar refractivity (Wildman–Crippen MR) is 72.8 cm³/mol. The first-order chi connectivity index (χ1) is 9.47. The highest BCUT2D eigenvalue weighted by Crippen LogP contribution is 2.21. The molecule has 1 aromatic carbocycles. The van der Waals surface area contributed by atoms with Crippen molar-refractivity contribution in [2.24, 2.45) is 0 Å². The lowest BCUT2D eigenvalue weighted by molar-refractivity contribution is -0.139. The van der Waals surface area contributed by atoms with Crippen LogP contribution >= 0.6 is 0 Å². The molecule has 1 aromatic rings. The molecule has 4 N–H and O–H groups in total. The summed E-state index contributed by atoms with van der Waals surface area (Å²) in [6.45, 7) is 0.0924. The van der Waals surface area contributed by atoms with Gasteiger partial charge in [0.15, 0.2) is 0 Å². The zero-order chi connectivity index (χ0) is 15.1. The molecule has 0 aromatic heterocycles. The molecule has 0 heterocycles. The quantitative estimate of drug-likeness (QED) is 0.628. The van der Waals surface area contributed by atoms with Gasteiger partial charge < -0.3 is 25.6 Å². The molecule has 0 aliphatic carbocycles. The molecule has 0 saturated carbocycles. The fourth-order valence-electron chi connectivity index (χ4n) is 1.63. The van der Waals surface area contributed by atoms with Gasteiger partial charge in [0.05, 0.1) is 25.2 Å². The third kappa shape index (κ3) is 4.43. The van der Waals surface area contributed by atoms with Gasteiger partial charge >= 0.3 is 5.97 Å². The average Bonchev–Trinajstić information content (AvgIpc) is 2.42. The van der Waals surface area contributed by atoms with Crippen LogP contribution < -0.4 is 15.8 Å². The fourth-order valence-corrected chi connectivity index (χ4v) is 1.63. The molecule has 0 aliphatic rings. The van der Waals surface area contributed by atoms with Crippen LogP contribution in [0.1, 0.15) is 16.8 Å². The number of nitrogens with two attached hydrogens (primary N) is 1. The number of carboxylic acid groups (broad SMARTS) is 1. The molecule has 0 aliphatic heterocycles. The Bertz CT molecular complexity index is 490. The van der Waals surface area contributed by atoms with E-state index in [1.807, 2.05) is 0 Å². The number of hydrogen-bond donors (Lipinski definition) is 3. The molecule has 7 heteroatoms. The van der Waals surface area contributed by atoms with Crippen LogP contribution in [0.15, 0.2) is 18.2 Å². The molecule has 0 saturated heterocycles. The molecule has 0 fully saturated rings. The van der Waals surface area contributed by atoms with Gasteiger partial charge in [-0.1, -0.05) is 0 Å². The van der Waals surface area contributed by atoms with Crippen LogP contribution in [-0.2, 0) is 9.53 Å². The summed E-state index contributed by atoms with van der Waals surface area (Å²) in [6.07, 6.45) is -0.772. The lowest BCUT2D eigenvalue weighted by atomic mass is 10.1. The van der Waals surface area contributed by atoms with Crippen molar-refractivity contribution in [2.75, 3.05) is 26.5 Å². The van der Waals surface area contributed by atoms with Crippen LogP contribution in [-0.4, -0.2) is 43.9 Å². The van der Waals surface area contributed by atoms with Crippen molar-refractivity contribution in [3.63, 3.8) is 0 Å². The summed E-state index contributed by atoms with van der Waals surface area (Å²) in [5.74, 6) is -1.01. The van der Waals surface area contributed by atoms with Gasteiger partial charge in [0.1, 0.15) is 5.75 Å². The second-order valence-corrected chi connectivity index (χ2v) is 4.13. The maximum absolute atomic E-state index is 12.0. The molecule has 1 rings (SSSR count). The number of aliphatic carboxylic acids is 1. The van der Waals surface area contributed by atoms with Crippen LogP contribution in [0.4, 0.5) is 5.69 Å². The topological polar surface area (TPSA) is 111 Å². The van der Waals surface area contributed by atoms with E-state index in [9.17, 15) is 9.59 Å². The highest BCUT2D eigenvalue weighted by atomic mass is 16.5. The Hall–Kier alpha value is -2.28. The number of carboxylic acids is 1. The van der Waals surface area contributed by atoms with Crippen LogP contribution in [0.3, 0.4) is 0 Å². The number of carbonyl (C=O) groups excluding carboxylic acids is 1. The Balaban J connectivity index is 2.69. The Labute approximate surface area is 116 Å². The summed E-state index contributed by atoms with van der Waals surface area (Å²) < 4.78 is 10.1. The predicted octanol–water partition coefficient (Wildman–Crippen LogP) is 0.497. The van der Waals surface area contributed by atoms with Crippen molar-refractivity contribution in [3.8, 4) is 5.75 Å². The number of hydrogen-bond acceptors (Lipinski definition) is 5. The minimum atomic E-state index is -0.990. The number of methoxy groups -OCH3 is 2. The van der Waals surface area contributed by atoms with Crippen LogP contribution in [0, 0.1) is 0 Å².